The third-order valence-electron chi connectivity index (χ3n) is 3.05. The Hall–Kier alpha value is -1.22. The number of carbonyl (C=O) groups is 1. The van der Waals surface area contributed by atoms with E-state index in [4.69, 9.17) is 17.3 Å². The molecule has 4 heteroatoms. The van der Waals surface area contributed by atoms with Crippen LogP contribution < -0.4 is 5.73 Å². The first-order valence-electron chi connectivity index (χ1n) is 5.83. The standard InChI is InChI=1S/C13H19ClN2O/c1-4-10(5-2)16(3)13(17)11-7-6-9(14)8-12(11)15/h6-8,10H,4-5,15H2,1-3H3. The lowest BCUT2D eigenvalue weighted by Gasteiger charge is -2.26. The summed E-state index contributed by atoms with van der Waals surface area (Å²) in [6.07, 6.45) is 1.87. The molecule has 0 radical (unpaired) electrons. The number of nitrogens with zero attached hydrogens (tertiary/aromatic N) is 1. The normalized spacial score (nSPS) is 10.6. The molecule has 0 aliphatic carbocycles. The van der Waals surface area contributed by atoms with Crippen molar-refractivity contribution in [1.82, 2.24) is 4.90 Å². The van der Waals surface area contributed by atoms with Gasteiger partial charge in [-0.1, -0.05) is 25.4 Å². The second-order valence-corrected chi connectivity index (χ2v) is 4.55. The van der Waals surface area contributed by atoms with Gasteiger partial charge in [0.25, 0.3) is 5.91 Å². The molecule has 0 bridgehead atoms. The minimum atomic E-state index is -0.0483. The molecule has 0 unspecified atom stereocenters. The maximum Gasteiger partial charge on any atom is 0.255 e. The van der Waals surface area contributed by atoms with Crippen molar-refractivity contribution in [2.45, 2.75) is 32.7 Å². The van der Waals surface area contributed by atoms with Gasteiger partial charge in [0.15, 0.2) is 0 Å². The third-order valence-corrected chi connectivity index (χ3v) is 3.29. The van der Waals surface area contributed by atoms with Crippen molar-refractivity contribution in [2.75, 3.05) is 12.8 Å². The van der Waals surface area contributed by atoms with E-state index in [0.29, 0.717) is 16.3 Å². The number of anilines is 1. The molecule has 0 atom stereocenters. The molecule has 0 fully saturated rings. The molecule has 0 heterocycles. The zero-order valence-corrected chi connectivity index (χ0v) is 11.3. The number of amides is 1. The predicted molar refractivity (Wildman–Crippen MR) is 72.3 cm³/mol. The molecule has 0 aromatic heterocycles. The lowest BCUT2D eigenvalue weighted by Crippen LogP contribution is -2.36. The highest BCUT2D eigenvalue weighted by Crippen LogP contribution is 2.20. The second kappa shape index (κ2) is 5.92. The average Bonchev–Trinajstić information content (AvgIpc) is 2.29. The molecule has 3 nitrogen and oxygen atoms in total. The van der Waals surface area contributed by atoms with Gasteiger partial charge >= 0.3 is 0 Å². The number of benzene rings is 1. The summed E-state index contributed by atoms with van der Waals surface area (Å²) >= 11 is 5.81. The van der Waals surface area contributed by atoms with Gasteiger partial charge in [0.1, 0.15) is 0 Å². The van der Waals surface area contributed by atoms with E-state index in [1.54, 1.807) is 23.1 Å². The molecule has 94 valence electrons. The van der Waals surface area contributed by atoms with Crippen molar-refractivity contribution in [1.29, 1.82) is 0 Å². The van der Waals surface area contributed by atoms with E-state index in [0.717, 1.165) is 12.8 Å². The van der Waals surface area contributed by atoms with E-state index in [-0.39, 0.29) is 11.9 Å². The van der Waals surface area contributed by atoms with Crippen LogP contribution in [0.2, 0.25) is 5.02 Å². The van der Waals surface area contributed by atoms with Crippen molar-refractivity contribution >= 4 is 23.2 Å². The van der Waals surface area contributed by atoms with Crippen molar-refractivity contribution < 1.29 is 4.79 Å². The largest absolute Gasteiger partial charge is 0.398 e. The summed E-state index contributed by atoms with van der Waals surface area (Å²) in [5.41, 5.74) is 6.76. The number of rotatable bonds is 4. The maximum absolute atomic E-state index is 12.2. The number of carbonyl (C=O) groups excluding carboxylic acids is 1. The topological polar surface area (TPSA) is 46.3 Å². The van der Waals surface area contributed by atoms with Crippen LogP contribution in [-0.2, 0) is 0 Å². The monoisotopic (exact) mass is 254 g/mol. The van der Waals surface area contributed by atoms with Crippen LogP contribution in [0.15, 0.2) is 18.2 Å². The quantitative estimate of drug-likeness (QED) is 0.839. The summed E-state index contributed by atoms with van der Waals surface area (Å²) in [5, 5.41) is 0.546. The maximum atomic E-state index is 12.2. The Bertz CT molecular complexity index is 402. The van der Waals surface area contributed by atoms with E-state index in [2.05, 4.69) is 13.8 Å². The van der Waals surface area contributed by atoms with E-state index in [9.17, 15) is 4.79 Å². The first kappa shape index (κ1) is 13.8. The fraction of sp³-hybridized carbons (Fsp3) is 0.462. The number of hydrogen-bond acceptors (Lipinski definition) is 2. The summed E-state index contributed by atoms with van der Waals surface area (Å²) in [6.45, 7) is 4.15. The Balaban J connectivity index is 2.96. The van der Waals surface area contributed by atoms with Gasteiger partial charge in [0.2, 0.25) is 0 Å². The van der Waals surface area contributed by atoms with Gasteiger partial charge in [-0.05, 0) is 31.0 Å². The molecule has 1 amide bonds. The van der Waals surface area contributed by atoms with Gasteiger partial charge in [0, 0.05) is 23.8 Å². The Morgan fingerprint density at radius 3 is 2.47 bits per heavy atom. The summed E-state index contributed by atoms with van der Waals surface area (Å²) in [7, 11) is 1.81. The van der Waals surface area contributed by atoms with E-state index in [1.807, 2.05) is 7.05 Å². The third kappa shape index (κ3) is 3.13. The van der Waals surface area contributed by atoms with Gasteiger partial charge in [-0.25, -0.2) is 0 Å². The number of halogens is 1. The molecule has 2 N–H and O–H groups in total. The van der Waals surface area contributed by atoms with E-state index >= 15 is 0 Å². The molecule has 0 spiro atoms. The van der Waals surface area contributed by atoms with Gasteiger partial charge in [-0.15, -0.1) is 0 Å². The lowest BCUT2D eigenvalue weighted by atomic mass is 10.1. The highest BCUT2D eigenvalue weighted by Gasteiger charge is 2.20. The fourth-order valence-electron chi connectivity index (χ4n) is 1.92. The van der Waals surface area contributed by atoms with Gasteiger partial charge < -0.3 is 10.6 Å². The fourth-order valence-corrected chi connectivity index (χ4v) is 2.10. The zero-order valence-electron chi connectivity index (χ0n) is 10.5. The number of nitrogen functional groups attached to an aromatic ring is 1. The van der Waals surface area contributed by atoms with Gasteiger partial charge in [-0.3, -0.25) is 4.79 Å². The average molecular weight is 255 g/mol. The predicted octanol–water partition coefficient (Wildman–Crippen LogP) is 3.18. The molecule has 0 aliphatic rings. The lowest BCUT2D eigenvalue weighted by molar-refractivity contribution is 0.0725. The van der Waals surface area contributed by atoms with Crippen LogP contribution in [0.25, 0.3) is 0 Å². The molecule has 17 heavy (non-hydrogen) atoms. The van der Waals surface area contributed by atoms with Gasteiger partial charge in [-0.2, -0.15) is 0 Å². The van der Waals surface area contributed by atoms with Crippen LogP contribution in [0.3, 0.4) is 0 Å². The highest BCUT2D eigenvalue weighted by atomic mass is 35.5. The van der Waals surface area contributed by atoms with Crippen LogP contribution in [0.4, 0.5) is 5.69 Å². The first-order valence-corrected chi connectivity index (χ1v) is 6.21. The SMILES string of the molecule is CCC(CC)N(C)C(=O)c1ccc(Cl)cc1N. The minimum Gasteiger partial charge on any atom is -0.398 e. The van der Waals surface area contributed by atoms with Crippen molar-refractivity contribution in [2.24, 2.45) is 0 Å². The summed E-state index contributed by atoms with van der Waals surface area (Å²) < 4.78 is 0. The molecule has 1 aromatic rings. The highest BCUT2D eigenvalue weighted by molar-refractivity contribution is 6.31. The van der Waals surface area contributed by atoms with Crippen molar-refractivity contribution in [3.05, 3.63) is 28.8 Å². The van der Waals surface area contributed by atoms with E-state index < -0.39 is 0 Å². The van der Waals surface area contributed by atoms with Crippen LogP contribution >= 0.6 is 11.6 Å². The second-order valence-electron chi connectivity index (χ2n) is 4.12. The molecule has 0 aliphatic heterocycles. The molecule has 1 rings (SSSR count). The van der Waals surface area contributed by atoms with Crippen molar-refractivity contribution in [3.63, 3.8) is 0 Å². The molecular weight excluding hydrogens is 236 g/mol. The van der Waals surface area contributed by atoms with Gasteiger partial charge in [0.05, 0.1) is 5.56 Å². The van der Waals surface area contributed by atoms with E-state index in [1.165, 1.54) is 0 Å². The summed E-state index contributed by atoms with van der Waals surface area (Å²) in [5.74, 6) is -0.0483. The number of hydrogen-bond donors (Lipinski definition) is 1. The Labute approximate surface area is 108 Å². The van der Waals surface area contributed by atoms with Crippen molar-refractivity contribution in [3.8, 4) is 0 Å². The molecular formula is C13H19ClN2O. The van der Waals surface area contributed by atoms with Crippen LogP contribution in [0.1, 0.15) is 37.0 Å². The van der Waals surface area contributed by atoms with Crippen LogP contribution in [0.5, 0.6) is 0 Å². The zero-order chi connectivity index (χ0) is 13.0. The summed E-state index contributed by atoms with van der Waals surface area (Å²) in [4.78, 5) is 14.0. The Morgan fingerprint density at radius 2 is 2.00 bits per heavy atom. The Kier molecular flexibility index (Phi) is 4.82. The van der Waals surface area contributed by atoms with Crippen LogP contribution in [-0.4, -0.2) is 23.9 Å². The smallest absolute Gasteiger partial charge is 0.255 e. The first-order chi connectivity index (χ1) is 8.01. The minimum absolute atomic E-state index is 0.0483. The molecule has 0 saturated carbocycles. The van der Waals surface area contributed by atoms with Crippen LogP contribution in [0, 0.1) is 0 Å². The number of nitrogens with two attached hydrogens (primary N) is 1. The Morgan fingerprint density at radius 1 is 1.41 bits per heavy atom. The molecule has 1 aromatic carbocycles. The summed E-state index contributed by atoms with van der Waals surface area (Å²) in [6, 6.07) is 5.22. The molecule has 0 saturated heterocycles.